The van der Waals surface area contributed by atoms with Gasteiger partial charge < -0.3 is 10.0 Å². The summed E-state index contributed by atoms with van der Waals surface area (Å²) in [4.78, 5) is 11.0. The molecule has 2 unspecified atom stereocenters. The Labute approximate surface area is 123 Å². The normalized spacial score (nSPS) is 26.4. The maximum atomic E-state index is 9.02. The Morgan fingerprint density at radius 3 is 2.90 bits per heavy atom. The van der Waals surface area contributed by atoms with E-state index in [4.69, 9.17) is 5.11 Å². The highest BCUT2D eigenvalue weighted by molar-refractivity contribution is 5.38. The predicted octanol–water partition coefficient (Wildman–Crippen LogP) is 1.36. The van der Waals surface area contributed by atoms with E-state index in [0.29, 0.717) is 12.4 Å². The van der Waals surface area contributed by atoms with Gasteiger partial charge in [0.15, 0.2) is 0 Å². The van der Waals surface area contributed by atoms with Crippen molar-refractivity contribution in [1.29, 1.82) is 0 Å². The summed E-state index contributed by atoms with van der Waals surface area (Å²) in [6, 6.07) is 1.87. The lowest BCUT2D eigenvalue weighted by atomic mass is 9.90. The van der Waals surface area contributed by atoms with Gasteiger partial charge in [-0.2, -0.15) is 4.98 Å². The van der Waals surface area contributed by atoms with Crippen molar-refractivity contribution in [1.82, 2.24) is 19.6 Å². The van der Waals surface area contributed by atoms with Crippen LogP contribution in [0.2, 0.25) is 0 Å². The van der Waals surface area contributed by atoms with Crippen LogP contribution in [0.3, 0.4) is 0 Å². The zero-order valence-electron chi connectivity index (χ0n) is 12.1. The number of rotatable bonds is 4. The van der Waals surface area contributed by atoms with Crippen LogP contribution < -0.4 is 4.90 Å². The lowest BCUT2D eigenvalue weighted by molar-refractivity contribution is 0.266. The summed E-state index contributed by atoms with van der Waals surface area (Å²) >= 11 is 0. The third kappa shape index (κ3) is 2.48. The minimum absolute atomic E-state index is 0.345. The van der Waals surface area contributed by atoms with Gasteiger partial charge in [0, 0.05) is 32.1 Å². The number of hydrogen-bond acceptors (Lipinski definition) is 5. The highest BCUT2D eigenvalue weighted by Crippen LogP contribution is 2.49. The van der Waals surface area contributed by atoms with Gasteiger partial charge in [-0.1, -0.05) is 0 Å². The molecule has 1 aliphatic heterocycles. The molecule has 1 saturated heterocycles. The lowest BCUT2D eigenvalue weighted by Gasteiger charge is -2.31. The molecule has 6 nitrogen and oxygen atoms in total. The smallest absolute Gasteiger partial charge is 0.253 e. The summed E-state index contributed by atoms with van der Waals surface area (Å²) in [6.45, 7) is 2.41. The van der Waals surface area contributed by atoms with Gasteiger partial charge in [-0.25, -0.2) is 9.50 Å². The van der Waals surface area contributed by atoms with Crippen LogP contribution in [0, 0.1) is 17.8 Å². The molecule has 2 fully saturated rings. The highest BCUT2D eigenvalue weighted by atomic mass is 16.3. The summed E-state index contributed by atoms with van der Waals surface area (Å²) < 4.78 is 1.74. The van der Waals surface area contributed by atoms with Crippen molar-refractivity contribution in [3.05, 3.63) is 18.5 Å². The van der Waals surface area contributed by atoms with E-state index in [2.05, 4.69) is 20.0 Å². The second kappa shape index (κ2) is 5.26. The van der Waals surface area contributed by atoms with E-state index in [1.54, 1.807) is 10.7 Å². The van der Waals surface area contributed by atoms with Crippen molar-refractivity contribution in [3.63, 3.8) is 0 Å². The van der Waals surface area contributed by atoms with Gasteiger partial charge in [0.25, 0.3) is 5.78 Å². The summed E-state index contributed by atoms with van der Waals surface area (Å²) in [5, 5.41) is 13.5. The molecule has 21 heavy (non-hydrogen) atoms. The SMILES string of the molecule is OCCC1CC1C1CCN(c2nc3ncccn3n2)CC1. The summed E-state index contributed by atoms with van der Waals surface area (Å²) in [5.74, 6) is 3.93. The first-order valence-corrected chi connectivity index (χ1v) is 7.88. The molecular formula is C15H21N5O. The van der Waals surface area contributed by atoms with Crippen LogP contribution in [-0.2, 0) is 0 Å². The molecule has 4 rings (SSSR count). The zero-order valence-corrected chi connectivity index (χ0v) is 12.1. The van der Waals surface area contributed by atoms with Crippen LogP contribution in [0.4, 0.5) is 5.95 Å². The van der Waals surface area contributed by atoms with Crippen molar-refractivity contribution >= 4 is 11.7 Å². The van der Waals surface area contributed by atoms with Crippen molar-refractivity contribution in [2.45, 2.75) is 25.7 Å². The molecule has 2 aliphatic rings. The molecule has 1 N–H and O–H groups in total. The summed E-state index contributed by atoms with van der Waals surface area (Å²) in [7, 11) is 0. The predicted molar refractivity (Wildman–Crippen MR) is 79.0 cm³/mol. The number of piperidine rings is 1. The average molecular weight is 287 g/mol. The third-order valence-corrected chi connectivity index (χ3v) is 5.01. The second-order valence-corrected chi connectivity index (χ2v) is 6.27. The van der Waals surface area contributed by atoms with E-state index < -0.39 is 0 Å². The monoisotopic (exact) mass is 287 g/mol. The first-order chi connectivity index (χ1) is 10.3. The number of aliphatic hydroxyl groups is 1. The number of nitrogens with zero attached hydrogens (tertiary/aromatic N) is 5. The number of aromatic nitrogens is 4. The average Bonchev–Trinajstić information content (AvgIpc) is 3.15. The van der Waals surface area contributed by atoms with Gasteiger partial charge in [-0.05, 0) is 49.5 Å². The number of aliphatic hydroxyl groups excluding tert-OH is 1. The van der Waals surface area contributed by atoms with Crippen molar-refractivity contribution < 1.29 is 5.11 Å². The molecule has 112 valence electrons. The molecule has 0 aromatic carbocycles. The molecule has 2 aromatic rings. The number of fused-ring (bicyclic) bond motifs is 1. The molecule has 2 atom stereocenters. The fraction of sp³-hybridized carbons (Fsp3) is 0.667. The Kier molecular flexibility index (Phi) is 3.25. The highest BCUT2D eigenvalue weighted by Gasteiger charge is 2.43. The first kappa shape index (κ1) is 13.0. The quantitative estimate of drug-likeness (QED) is 0.919. The Morgan fingerprint density at radius 1 is 1.29 bits per heavy atom. The molecule has 0 amide bonds. The molecule has 0 spiro atoms. The van der Waals surface area contributed by atoms with E-state index >= 15 is 0 Å². The van der Waals surface area contributed by atoms with Crippen LogP contribution >= 0.6 is 0 Å². The Bertz CT molecular complexity index is 586. The molecule has 6 heteroatoms. The minimum atomic E-state index is 0.345. The van der Waals surface area contributed by atoms with E-state index in [0.717, 1.165) is 43.2 Å². The Morgan fingerprint density at radius 2 is 2.14 bits per heavy atom. The van der Waals surface area contributed by atoms with Crippen LogP contribution in [0.15, 0.2) is 18.5 Å². The second-order valence-electron chi connectivity index (χ2n) is 6.27. The number of hydrogen-bond donors (Lipinski definition) is 1. The van der Waals surface area contributed by atoms with Gasteiger partial charge in [-0.3, -0.25) is 0 Å². The van der Waals surface area contributed by atoms with Crippen LogP contribution in [0.5, 0.6) is 0 Å². The molecule has 1 saturated carbocycles. The van der Waals surface area contributed by atoms with E-state index in [1.807, 2.05) is 12.3 Å². The van der Waals surface area contributed by atoms with Crippen molar-refractivity contribution in [3.8, 4) is 0 Å². The topological polar surface area (TPSA) is 66.5 Å². The van der Waals surface area contributed by atoms with Gasteiger partial charge in [-0.15, -0.1) is 5.10 Å². The fourth-order valence-corrected chi connectivity index (χ4v) is 3.73. The van der Waals surface area contributed by atoms with E-state index in [9.17, 15) is 0 Å². The zero-order chi connectivity index (χ0) is 14.2. The van der Waals surface area contributed by atoms with Gasteiger partial charge >= 0.3 is 0 Å². The van der Waals surface area contributed by atoms with Crippen LogP contribution in [0.1, 0.15) is 25.7 Å². The van der Waals surface area contributed by atoms with Crippen molar-refractivity contribution in [2.24, 2.45) is 17.8 Å². The largest absolute Gasteiger partial charge is 0.396 e. The van der Waals surface area contributed by atoms with Gasteiger partial charge in [0.05, 0.1) is 0 Å². The summed E-state index contributed by atoms with van der Waals surface area (Å²) in [5.41, 5.74) is 0. The van der Waals surface area contributed by atoms with E-state index in [-0.39, 0.29) is 0 Å². The molecular weight excluding hydrogens is 266 g/mol. The van der Waals surface area contributed by atoms with E-state index in [1.165, 1.54) is 19.3 Å². The molecule has 1 aliphatic carbocycles. The maximum Gasteiger partial charge on any atom is 0.253 e. The summed E-state index contributed by atoms with van der Waals surface area (Å²) in [6.07, 6.45) is 8.38. The molecule has 2 aromatic heterocycles. The third-order valence-electron chi connectivity index (χ3n) is 5.01. The van der Waals surface area contributed by atoms with Crippen LogP contribution in [0.25, 0.3) is 5.78 Å². The minimum Gasteiger partial charge on any atom is -0.396 e. The van der Waals surface area contributed by atoms with Gasteiger partial charge in [0.2, 0.25) is 5.95 Å². The lowest BCUT2D eigenvalue weighted by Crippen LogP contribution is -2.35. The Balaban J connectivity index is 1.39. The molecule has 0 bridgehead atoms. The van der Waals surface area contributed by atoms with Crippen molar-refractivity contribution in [2.75, 3.05) is 24.6 Å². The fourth-order valence-electron chi connectivity index (χ4n) is 3.73. The first-order valence-electron chi connectivity index (χ1n) is 7.88. The number of anilines is 1. The van der Waals surface area contributed by atoms with Gasteiger partial charge in [0.1, 0.15) is 0 Å². The standard InChI is InChI=1S/C15H21N5O/c21-9-4-12-10-13(12)11-2-7-19(8-3-11)15-17-14-16-5-1-6-20(14)18-15/h1,5-6,11-13,21H,2-4,7-10H2. The van der Waals surface area contributed by atoms with Crippen LogP contribution in [-0.4, -0.2) is 44.4 Å². The molecule has 0 radical (unpaired) electrons. The molecule has 3 heterocycles. The Hall–Kier alpha value is -1.69. The maximum absolute atomic E-state index is 9.02.